The van der Waals surface area contributed by atoms with Crippen LogP contribution in [-0.2, 0) is 4.74 Å². The summed E-state index contributed by atoms with van der Waals surface area (Å²) in [5, 5.41) is 7.45. The summed E-state index contributed by atoms with van der Waals surface area (Å²) in [6, 6.07) is 6.45. The van der Waals surface area contributed by atoms with Crippen LogP contribution in [0.25, 0.3) is 11.4 Å². The van der Waals surface area contributed by atoms with E-state index < -0.39 is 36.9 Å². The van der Waals surface area contributed by atoms with E-state index in [4.69, 9.17) is 20.9 Å². The maximum atomic E-state index is 13.2. The van der Waals surface area contributed by atoms with E-state index in [0.29, 0.717) is 16.4 Å². The van der Waals surface area contributed by atoms with E-state index in [1.165, 1.54) is 12.3 Å². The number of carbonyl (C=O) groups is 1. The third-order valence-electron chi connectivity index (χ3n) is 5.15. The monoisotopic (exact) mass is 482 g/mol. The van der Waals surface area contributed by atoms with E-state index in [1.807, 2.05) is 0 Å². The largest absolute Gasteiger partial charge is 0.447 e. The average Bonchev–Trinajstić information content (AvgIpc) is 3.40. The summed E-state index contributed by atoms with van der Waals surface area (Å²) in [4.78, 5) is 25.6. The highest BCUT2D eigenvalue weighted by Crippen LogP contribution is 2.35. The SMILES string of the molecule is C[C@H](Nc1nccc(N2C(=O)OC[C@H]2[C@H](C)C(F)(F)F)n1)c1nc(-c2ccc(Cl)cc2)no1. The van der Waals surface area contributed by atoms with Crippen molar-refractivity contribution in [1.82, 2.24) is 20.1 Å². The molecule has 174 valence electrons. The molecule has 0 aliphatic carbocycles. The lowest BCUT2D eigenvalue weighted by molar-refractivity contribution is -0.174. The molecule has 33 heavy (non-hydrogen) atoms. The Hall–Kier alpha value is -3.41. The van der Waals surface area contributed by atoms with E-state index in [2.05, 4.69) is 25.4 Å². The smallest absolute Gasteiger partial charge is 0.415 e. The first kappa shape index (κ1) is 22.8. The molecular weight excluding hydrogens is 465 g/mol. The molecule has 13 heteroatoms. The van der Waals surface area contributed by atoms with Crippen molar-refractivity contribution in [2.45, 2.75) is 32.1 Å². The maximum absolute atomic E-state index is 13.2. The predicted octanol–water partition coefficient (Wildman–Crippen LogP) is 4.88. The maximum Gasteiger partial charge on any atom is 0.415 e. The van der Waals surface area contributed by atoms with Crippen molar-refractivity contribution >= 4 is 29.5 Å². The van der Waals surface area contributed by atoms with Crippen molar-refractivity contribution in [1.29, 1.82) is 0 Å². The number of nitrogens with zero attached hydrogens (tertiary/aromatic N) is 5. The van der Waals surface area contributed by atoms with Crippen molar-refractivity contribution in [3.63, 3.8) is 0 Å². The number of cyclic esters (lactones) is 1. The number of anilines is 2. The van der Waals surface area contributed by atoms with Crippen molar-refractivity contribution in [2.24, 2.45) is 5.92 Å². The topological polar surface area (TPSA) is 106 Å². The molecule has 1 aromatic carbocycles. The zero-order valence-electron chi connectivity index (χ0n) is 17.4. The summed E-state index contributed by atoms with van der Waals surface area (Å²) in [7, 11) is 0. The van der Waals surface area contributed by atoms with Crippen LogP contribution in [0.4, 0.5) is 29.7 Å². The number of benzene rings is 1. The first-order valence-corrected chi connectivity index (χ1v) is 10.2. The van der Waals surface area contributed by atoms with Gasteiger partial charge in [-0.3, -0.25) is 4.90 Å². The normalized spacial score (nSPS) is 18.2. The van der Waals surface area contributed by atoms with Crippen molar-refractivity contribution < 1.29 is 27.2 Å². The van der Waals surface area contributed by atoms with Gasteiger partial charge in [0.1, 0.15) is 18.5 Å². The lowest BCUT2D eigenvalue weighted by Gasteiger charge is -2.27. The minimum atomic E-state index is -4.50. The van der Waals surface area contributed by atoms with Gasteiger partial charge in [-0.15, -0.1) is 0 Å². The van der Waals surface area contributed by atoms with Gasteiger partial charge in [0.25, 0.3) is 0 Å². The third kappa shape index (κ3) is 4.85. The molecule has 1 aliphatic rings. The van der Waals surface area contributed by atoms with Crippen LogP contribution in [0.1, 0.15) is 25.8 Å². The van der Waals surface area contributed by atoms with Crippen molar-refractivity contribution in [3.05, 3.63) is 47.4 Å². The van der Waals surface area contributed by atoms with Crippen LogP contribution in [0.5, 0.6) is 0 Å². The van der Waals surface area contributed by atoms with Crippen molar-refractivity contribution in [3.8, 4) is 11.4 Å². The predicted molar refractivity (Wildman–Crippen MR) is 112 cm³/mol. The first-order chi connectivity index (χ1) is 15.6. The Labute approximate surface area is 190 Å². The van der Waals surface area contributed by atoms with Crippen molar-refractivity contribution in [2.75, 3.05) is 16.8 Å². The molecule has 3 aromatic rings. The van der Waals surface area contributed by atoms with Crippen LogP contribution in [0.3, 0.4) is 0 Å². The summed E-state index contributed by atoms with van der Waals surface area (Å²) in [5.74, 6) is -1.18. The number of rotatable bonds is 6. The molecule has 3 heterocycles. The molecule has 3 atom stereocenters. The quantitative estimate of drug-likeness (QED) is 0.530. The average molecular weight is 483 g/mol. The highest BCUT2D eigenvalue weighted by Gasteiger charge is 2.49. The zero-order chi connectivity index (χ0) is 23.8. The van der Waals surface area contributed by atoms with E-state index in [9.17, 15) is 18.0 Å². The summed E-state index contributed by atoms with van der Waals surface area (Å²) in [6.45, 7) is 2.32. The molecule has 2 aromatic heterocycles. The molecule has 0 spiro atoms. The Morgan fingerprint density at radius 2 is 1.91 bits per heavy atom. The molecule has 0 radical (unpaired) electrons. The summed E-state index contributed by atoms with van der Waals surface area (Å²) in [5.41, 5.74) is 0.706. The van der Waals surface area contributed by atoms with Crippen LogP contribution in [-0.4, -0.2) is 45.0 Å². The van der Waals surface area contributed by atoms with E-state index in [1.54, 1.807) is 31.2 Å². The standard InChI is InChI=1S/C20H18ClF3N6O3/c1-10(20(22,23)24)14-9-32-19(31)30(14)15-7-8-25-18(27-15)26-11(2)17-28-16(29-33-17)12-3-5-13(21)6-4-12/h3-8,10-11,14H,9H2,1-2H3,(H,25,26,27)/t10-,11-,14-/m0/s1. The van der Waals surface area contributed by atoms with Crippen LogP contribution < -0.4 is 10.2 Å². The highest BCUT2D eigenvalue weighted by molar-refractivity contribution is 6.30. The fourth-order valence-corrected chi connectivity index (χ4v) is 3.35. The number of nitrogens with one attached hydrogen (secondary N) is 1. The summed E-state index contributed by atoms with van der Waals surface area (Å²) >= 11 is 5.89. The van der Waals surface area contributed by atoms with Gasteiger partial charge in [-0.1, -0.05) is 23.7 Å². The number of amides is 1. The summed E-state index contributed by atoms with van der Waals surface area (Å²) < 4.78 is 49.8. The molecule has 0 bridgehead atoms. The molecular formula is C20H18ClF3N6O3. The molecule has 1 N–H and O–H groups in total. The fourth-order valence-electron chi connectivity index (χ4n) is 3.22. The minimum absolute atomic E-state index is 0.0179. The summed E-state index contributed by atoms with van der Waals surface area (Å²) in [6.07, 6.45) is -4.08. The van der Waals surface area contributed by atoms with Crippen LogP contribution in [0.2, 0.25) is 5.02 Å². The molecule has 1 amide bonds. The lowest BCUT2D eigenvalue weighted by Crippen LogP contribution is -2.44. The van der Waals surface area contributed by atoms with Gasteiger partial charge in [0.15, 0.2) is 0 Å². The van der Waals surface area contributed by atoms with Crippen LogP contribution in [0.15, 0.2) is 41.1 Å². The van der Waals surface area contributed by atoms with Gasteiger partial charge in [0, 0.05) is 16.8 Å². The molecule has 4 rings (SSSR count). The first-order valence-electron chi connectivity index (χ1n) is 9.85. The zero-order valence-corrected chi connectivity index (χ0v) is 18.1. The Bertz CT molecular complexity index is 1140. The lowest BCUT2D eigenvalue weighted by atomic mass is 10.0. The number of hydrogen-bond acceptors (Lipinski definition) is 8. The minimum Gasteiger partial charge on any atom is -0.447 e. The Kier molecular flexibility index (Phi) is 6.11. The number of carbonyl (C=O) groups excluding carboxylic acids is 1. The number of aromatic nitrogens is 4. The Morgan fingerprint density at radius 1 is 1.18 bits per heavy atom. The van der Waals surface area contributed by atoms with Gasteiger partial charge >= 0.3 is 12.3 Å². The van der Waals surface area contributed by atoms with E-state index in [-0.39, 0.29) is 17.7 Å². The Morgan fingerprint density at radius 3 is 2.61 bits per heavy atom. The molecule has 1 aliphatic heterocycles. The van der Waals surface area contributed by atoms with Gasteiger partial charge in [-0.25, -0.2) is 9.78 Å². The number of halogens is 4. The van der Waals surface area contributed by atoms with E-state index >= 15 is 0 Å². The molecule has 1 fully saturated rings. The van der Waals surface area contributed by atoms with Crippen LogP contribution >= 0.6 is 11.6 Å². The molecule has 0 saturated carbocycles. The number of alkyl halides is 3. The van der Waals surface area contributed by atoms with Crippen LogP contribution in [0, 0.1) is 5.92 Å². The molecule has 9 nitrogen and oxygen atoms in total. The number of hydrogen-bond donors (Lipinski definition) is 1. The van der Waals surface area contributed by atoms with Gasteiger partial charge < -0.3 is 14.6 Å². The second-order valence-electron chi connectivity index (χ2n) is 7.41. The van der Waals surface area contributed by atoms with Gasteiger partial charge in [0.2, 0.25) is 17.7 Å². The molecule has 1 saturated heterocycles. The van der Waals surface area contributed by atoms with Gasteiger partial charge in [-0.05, 0) is 37.3 Å². The van der Waals surface area contributed by atoms with Gasteiger partial charge in [0.05, 0.1) is 12.0 Å². The third-order valence-corrected chi connectivity index (χ3v) is 5.40. The van der Waals surface area contributed by atoms with Gasteiger partial charge in [-0.2, -0.15) is 23.1 Å². The second kappa shape index (κ2) is 8.85. The second-order valence-corrected chi connectivity index (χ2v) is 7.85. The molecule has 0 unspecified atom stereocenters. The Balaban J connectivity index is 1.51. The fraction of sp³-hybridized carbons (Fsp3) is 0.350. The number of ether oxygens (including phenoxy) is 1. The highest BCUT2D eigenvalue weighted by atomic mass is 35.5. The van der Waals surface area contributed by atoms with E-state index in [0.717, 1.165) is 11.8 Å².